The monoisotopic (exact) mass is 557 g/mol. The molecule has 202 valence electrons. The summed E-state index contributed by atoms with van der Waals surface area (Å²) in [5.41, 5.74) is 0.981. The van der Waals surface area contributed by atoms with Crippen molar-refractivity contribution in [3.05, 3.63) is 85.9 Å². The van der Waals surface area contributed by atoms with E-state index in [4.69, 9.17) is 16.3 Å². The molecule has 4 rings (SSSR count). The van der Waals surface area contributed by atoms with Gasteiger partial charge in [0.2, 0.25) is 0 Å². The maximum Gasteiger partial charge on any atom is 0.261 e. The predicted octanol–water partition coefficient (Wildman–Crippen LogP) is 2.39. The van der Waals surface area contributed by atoms with Crippen LogP contribution in [0, 0.1) is 0 Å². The lowest BCUT2D eigenvalue weighted by molar-refractivity contribution is 0.0343. The second-order valence-corrected chi connectivity index (χ2v) is 10.9. The Kier molecular flexibility index (Phi) is 10.1. The van der Waals surface area contributed by atoms with Crippen LogP contribution in [0.5, 0.6) is 0 Å². The van der Waals surface area contributed by atoms with Gasteiger partial charge in [-0.1, -0.05) is 17.7 Å². The van der Waals surface area contributed by atoms with Crippen LogP contribution in [0.2, 0.25) is 4.34 Å². The molecule has 1 aliphatic rings. The third-order valence-electron chi connectivity index (χ3n) is 6.22. The van der Waals surface area contributed by atoms with Crippen LogP contribution < -0.4 is 21.5 Å². The van der Waals surface area contributed by atoms with Gasteiger partial charge in [-0.2, -0.15) is 0 Å². The van der Waals surface area contributed by atoms with Crippen LogP contribution in [-0.2, 0) is 4.74 Å². The summed E-state index contributed by atoms with van der Waals surface area (Å²) in [6.07, 6.45) is 1.68. The Labute approximate surface area is 230 Å². The quantitative estimate of drug-likeness (QED) is 0.334. The molecule has 2 aromatic heterocycles. The number of rotatable bonds is 11. The van der Waals surface area contributed by atoms with Gasteiger partial charge < -0.3 is 20.7 Å². The summed E-state index contributed by atoms with van der Waals surface area (Å²) in [5, 5.41) is 9.42. The summed E-state index contributed by atoms with van der Waals surface area (Å²) >= 11 is 7.18. The van der Waals surface area contributed by atoms with E-state index in [2.05, 4.69) is 27.8 Å². The molecule has 1 saturated heterocycles. The highest BCUT2D eigenvalue weighted by atomic mass is 35.5. The van der Waals surface area contributed by atoms with Crippen LogP contribution in [0.1, 0.15) is 27.0 Å². The number of hydrogen-bond acceptors (Lipinski definition) is 7. The van der Waals surface area contributed by atoms with Gasteiger partial charge in [-0.3, -0.25) is 23.9 Å². The van der Waals surface area contributed by atoms with Crippen molar-refractivity contribution < 1.29 is 14.3 Å². The molecule has 3 N–H and O–H groups in total. The molecule has 3 aromatic rings. The molecule has 2 amide bonds. The molecular formula is C27H32ClN5O4S. The Bertz CT molecular complexity index is 1270. The second kappa shape index (κ2) is 13.7. The summed E-state index contributed by atoms with van der Waals surface area (Å²) in [6, 6.07) is 15.0. The first-order valence-electron chi connectivity index (χ1n) is 12.5. The summed E-state index contributed by atoms with van der Waals surface area (Å²) in [6.45, 7) is 6.96. The number of pyridine rings is 1. The largest absolute Gasteiger partial charge is 0.379 e. The van der Waals surface area contributed by atoms with Gasteiger partial charge >= 0.3 is 0 Å². The van der Waals surface area contributed by atoms with Gasteiger partial charge in [0.05, 0.1) is 28.5 Å². The van der Waals surface area contributed by atoms with Crippen molar-refractivity contribution in [2.24, 2.45) is 0 Å². The topological polar surface area (TPSA) is 105 Å². The lowest BCUT2D eigenvalue weighted by Crippen LogP contribution is -2.52. The smallest absolute Gasteiger partial charge is 0.261 e. The summed E-state index contributed by atoms with van der Waals surface area (Å²) in [5.74, 6) is -0.502. The number of morpholine rings is 1. The van der Waals surface area contributed by atoms with Crippen LogP contribution in [0.15, 0.2) is 65.6 Å². The minimum absolute atomic E-state index is 0.148. The van der Waals surface area contributed by atoms with E-state index < -0.39 is 0 Å². The summed E-state index contributed by atoms with van der Waals surface area (Å²) in [4.78, 5) is 40.6. The van der Waals surface area contributed by atoms with E-state index in [-0.39, 0.29) is 36.0 Å². The normalized spacial score (nSPS) is 15.5. The van der Waals surface area contributed by atoms with E-state index >= 15 is 0 Å². The van der Waals surface area contributed by atoms with E-state index in [1.807, 2.05) is 0 Å². The van der Waals surface area contributed by atoms with Crippen LogP contribution in [0.4, 0.5) is 0 Å². The number of benzene rings is 1. The molecule has 1 aromatic carbocycles. The molecule has 0 aliphatic carbocycles. The van der Waals surface area contributed by atoms with E-state index in [0.717, 1.165) is 32.8 Å². The van der Waals surface area contributed by atoms with E-state index in [1.165, 1.54) is 22.0 Å². The first-order valence-corrected chi connectivity index (χ1v) is 13.7. The van der Waals surface area contributed by atoms with Crippen LogP contribution in [-0.4, -0.2) is 79.3 Å². The minimum Gasteiger partial charge on any atom is -0.379 e. The average Bonchev–Trinajstić information content (AvgIpc) is 3.37. The van der Waals surface area contributed by atoms with Crippen molar-refractivity contribution in [2.45, 2.75) is 19.0 Å². The van der Waals surface area contributed by atoms with Gasteiger partial charge in [-0.05, 0) is 49.4 Å². The van der Waals surface area contributed by atoms with Crippen molar-refractivity contribution in [2.75, 3.05) is 45.9 Å². The molecule has 0 bridgehead atoms. The van der Waals surface area contributed by atoms with Crippen molar-refractivity contribution in [1.29, 1.82) is 0 Å². The van der Waals surface area contributed by atoms with Gasteiger partial charge in [0, 0.05) is 62.3 Å². The molecule has 0 radical (unpaired) electrons. The zero-order valence-corrected chi connectivity index (χ0v) is 22.8. The van der Waals surface area contributed by atoms with Crippen molar-refractivity contribution in [1.82, 2.24) is 25.4 Å². The minimum atomic E-state index is -0.356. The highest BCUT2D eigenvalue weighted by Crippen LogP contribution is 2.21. The predicted molar refractivity (Wildman–Crippen MR) is 150 cm³/mol. The number of nitrogens with one attached hydrogen (secondary N) is 3. The molecule has 2 unspecified atom stereocenters. The number of aromatic nitrogens is 1. The standard InChI is InChI=1S/C27H32ClN5O4S/c1-19(18-32-12-14-37-15-13-32)29-16-21(17-30-27(36)23-9-10-24(28)38-23)31-26(35)20-5-7-22(8-6-20)33-11-3-2-4-25(33)34/h2-11,19,21,29H,12-18H2,1H3,(H,30,36)(H,31,35). The van der Waals surface area contributed by atoms with Crippen molar-refractivity contribution in [3.63, 3.8) is 0 Å². The Morgan fingerprint density at radius 1 is 1.03 bits per heavy atom. The van der Waals surface area contributed by atoms with Crippen LogP contribution in [0.3, 0.4) is 0 Å². The fourth-order valence-corrected chi connectivity index (χ4v) is 5.13. The molecule has 38 heavy (non-hydrogen) atoms. The van der Waals surface area contributed by atoms with E-state index in [0.29, 0.717) is 27.0 Å². The number of thiophene rings is 1. The average molecular weight is 558 g/mol. The number of carbonyl (C=O) groups is 2. The molecule has 2 atom stereocenters. The fraction of sp³-hybridized carbons (Fsp3) is 0.370. The number of halogens is 1. The molecule has 3 heterocycles. The summed E-state index contributed by atoms with van der Waals surface area (Å²) in [7, 11) is 0. The van der Waals surface area contributed by atoms with Crippen LogP contribution >= 0.6 is 22.9 Å². The SMILES string of the molecule is CC(CN1CCOCC1)NCC(CNC(=O)c1ccc(Cl)s1)NC(=O)c1ccc(-n2ccccc2=O)cc1. The van der Waals surface area contributed by atoms with Gasteiger partial charge in [0.1, 0.15) is 0 Å². The molecule has 1 fully saturated rings. The zero-order valence-electron chi connectivity index (χ0n) is 21.2. The Morgan fingerprint density at radius 2 is 1.79 bits per heavy atom. The molecule has 9 nitrogen and oxygen atoms in total. The highest BCUT2D eigenvalue weighted by Gasteiger charge is 2.19. The van der Waals surface area contributed by atoms with Crippen molar-refractivity contribution in [3.8, 4) is 5.69 Å². The first kappa shape index (κ1) is 28.0. The Hall–Kier alpha value is -3.02. The van der Waals surface area contributed by atoms with Crippen LogP contribution in [0.25, 0.3) is 5.69 Å². The lowest BCUT2D eigenvalue weighted by atomic mass is 10.1. The molecule has 11 heteroatoms. The van der Waals surface area contributed by atoms with Gasteiger partial charge in [-0.15, -0.1) is 11.3 Å². The molecular weight excluding hydrogens is 526 g/mol. The molecule has 1 aliphatic heterocycles. The van der Waals surface area contributed by atoms with Crippen molar-refractivity contribution >= 4 is 34.8 Å². The number of nitrogens with zero attached hydrogens (tertiary/aromatic N) is 2. The lowest BCUT2D eigenvalue weighted by Gasteiger charge is -2.30. The van der Waals surface area contributed by atoms with Gasteiger partial charge in [-0.25, -0.2) is 0 Å². The van der Waals surface area contributed by atoms with E-state index in [9.17, 15) is 14.4 Å². The maximum absolute atomic E-state index is 13.1. The molecule has 0 spiro atoms. The number of carbonyl (C=O) groups excluding carboxylic acids is 2. The third kappa shape index (κ3) is 7.99. The summed E-state index contributed by atoms with van der Waals surface area (Å²) < 4.78 is 7.47. The number of hydrogen-bond donors (Lipinski definition) is 3. The Balaban J connectivity index is 1.38. The second-order valence-electron chi connectivity index (χ2n) is 9.16. The highest BCUT2D eigenvalue weighted by molar-refractivity contribution is 7.18. The van der Waals surface area contributed by atoms with Gasteiger partial charge in [0.15, 0.2) is 0 Å². The fourth-order valence-electron chi connectivity index (χ4n) is 4.18. The third-order valence-corrected chi connectivity index (χ3v) is 7.45. The number of amides is 2. The first-order chi connectivity index (χ1) is 18.4. The van der Waals surface area contributed by atoms with Gasteiger partial charge in [0.25, 0.3) is 17.4 Å². The maximum atomic E-state index is 13.1. The zero-order chi connectivity index (χ0) is 26.9. The number of ether oxygens (including phenoxy) is 1. The van der Waals surface area contributed by atoms with E-state index in [1.54, 1.807) is 54.7 Å². The Morgan fingerprint density at radius 3 is 2.47 bits per heavy atom. The molecule has 0 saturated carbocycles.